The molecule has 4 aromatic heterocycles. The van der Waals surface area contributed by atoms with Crippen molar-refractivity contribution < 1.29 is 19.0 Å². The second-order valence-electron chi connectivity index (χ2n) is 8.19. The Balaban J connectivity index is 1.41. The quantitative estimate of drug-likeness (QED) is 0.286. The van der Waals surface area contributed by atoms with Crippen molar-refractivity contribution in [1.82, 2.24) is 34.7 Å². The van der Waals surface area contributed by atoms with Gasteiger partial charge in [0.2, 0.25) is 0 Å². The Morgan fingerprint density at radius 1 is 1.05 bits per heavy atom. The highest BCUT2D eigenvalue weighted by atomic mass is 16.5. The molecule has 12 nitrogen and oxygen atoms in total. The van der Waals surface area contributed by atoms with Gasteiger partial charge in [0.25, 0.3) is 5.88 Å². The lowest BCUT2D eigenvalue weighted by Gasteiger charge is -2.09. The number of pyridine rings is 1. The third-order valence-electron chi connectivity index (χ3n) is 5.64. The first-order valence-electron chi connectivity index (χ1n) is 11.7. The summed E-state index contributed by atoms with van der Waals surface area (Å²) in [5.41, 5.74) is 3.29. The molecule has 5 aromatic rings. The number of carbonyl (C=O) groups excluding carboxylic acids is 1. The van der Waals surface area contributed by atoms with E-state index in [0.717, 1.165) is 16.9 Å². The average molecular weight is 515 g/mol. The van der Waals surface area contributed by atoms with E-state index in [0.29, 0.717) is 47.5 Å². The summed E-state index contributed by atoms with van der Waals surface area (Å²) in [5, 5.41) is 14.5. The van der Waals surface area contributed by atoms with Gasteiger partial charge in [-0.2, -0.15) is 5.10 Å². The Hall–Kier alpha value is -5.13. The monoisotopic (exact) mass is 514 g/mol. The van der Waals surface area contributed by atoms with Crippen molar-refractivity contribution >= 4 is 17.5 Å². The molecule has 12 heteroatoms. The van der Waals surface area contributed by atoms with Crippen LogP contribution in [0.1, 0.15) is 0 Å². The van der Waals surface area contributed by atoms with Crippen LogP contribution in [0.25, 0.3) is 28.0 Å². The Bertz CT molecular complexity index is 1560. The number of para-hydroxylation sites is 1. The van der Waals surface area contributed by atoms with Gasteiger partial charge in [-0.3, -0.25) is 10.00 Å². The molecule has 0 saturated carbocycles. The number of amides is 2. The van der Waals surface area contributed by atoms with Crippen molar-refractivity contribution in [3.63, 3.8) is 0 Å². The summed E-state index contributed by atoms with van der Waals surface area (Å²) >= 11 is 0. The van der Waals surface area contributed by atoms with Crippen molar-refractivity contribution in [2.24, 2.45) is 7.05 Å². The van der Waals surface area contributed by atoms with Gasteiger partial charge in [0, 0.05) is 36.8 Å². The molecule has 0 saturated heterocycles. The first kappa shape index (κ1) is 24.6. The molecular weight excluding hydrogens is 488 g/mol. The highest BCUT2D eigenvalue weighted by Gasteiger charge is 2.20. The van der Waals surface area contributed by atoms with Crippen LogP contribution in [0.5, 0.6) is 17.4 Å². The Kier molecular flexibility index (Phi) is 7.02. The molecular formula is C26H26N8O4. The van der Waals surface area contributed by atoms with E-state index >= 15 is 0 Å². The van der Waals surface area contributed by atoms with E-state index in [1.165, 1.54) is 7.11 Å². The van der Waals surface area contributed by atoms with E-state index in [4.69, 9.17) is 19.2 Å². The molecule has 1 aromatic carbocycles. The minimum Gasteiger partial charge on any atom is -0.492 e. The van der Waals surface area contributed by atoms with Crippen molar-refractivity contribution in [2.75, 3.05) is 32.7 Å². The lowest BCUT2D eigenvalue weighted by atomic mass is 10.1. The van der Waals surface area contributed by atoms with Crippen LogP contribution in [0, 0.1) is 0 Å². The fourth-order valence-electron chi connectivity index (χ4n) is 3.87. The maximum atomic E-state index is 12.7. The molecule has 194 valence electrons. The Morgan fingerprint density at radius 3 is 2.63 bits per heavy atom. The molecule has 2 N–H and O–H groups in total. The summed E-state index contributed by atoms with van der Waals surface area (Å²) in [6.45, 7) is 0.632. The van der Waals surface area contributed by atoms with E-state index < -0.39 is 6.03 Å². The topological polar surface area (TPSA) is 130 Å². The smallest absolute Gasteiger partial charge is 0.320 e. The van der Waals surface area contributed by atoms with Gasteiger partial charge in [-0.25, -0.2) is 19.3 Å². The third kappa shape index (κ3) is 5.19. The molecule has 4 heterocycles. The van der Waals surface area contributed by atoms with Crippen molar-refractivity contribution in [2.45, 2.75) is 0 Å². The van der Waals surface area contributed by atoms with Gasteiger partial charge in [0.05, 0.1) is 38.2 Å². The lowest BCUT2D eigenvalue weighted by molar-refractivity contribution is 0.247. The van der Waals surface area contributed by atoms with Gasteiger partial charge < -0.3 is 19.5 Å². The first-order chi connectivity index (χ1) is 18.6. The third-order valence-corrected chi connectivity index (χ3v) is 5.64. The van der Waals surface area contributed by atoms with Gasteiger partial charge >= 0.3 is 6.03 Å². The van der Waals surface area contributed by atoms with E-state index in [1.807, 2.05) is 43.6 Å². The van der Waals surface area contributed by atoms with Crippen LogP contribution in [0.2, 0.25) is 0 Å². The molecule has 0 spiro atoms. The van der Waals surface area contributed by atoms with Crippen LogP contribution in [0.3, 0.4) is 0 Å². The first-order valence-corrected chi connectivity index (χ1v) is 11.7. The Labute approximate surface area is 218 Å². The number of hydrogen-bond acceptors (Lipinski definition) is 8. The molecule has 0 atom stereocenters. The van der Waals surface area contributed by atoms with Crippen LogP contribution in [0.4, 0.5) is 10.6 Å². The van der Waals surface area contributed by atoms with Crippen LogP contribution in [0.15, 0.2) is 67.3 Å². The Morgan fingerprint density at radius 2 is 1.89 bits per heavy atom. The largest absolute Gasteiger partial charge is 0.492 e. The average Bonchev–Trinajstić information content (AvgIpc) is 3.53. The van der Waals surface area contributed by atoms with Gasteiger partial charge in [-0.15, -0.1) is 5.10 Å². The predicted molar refractivity (Wildman–Crippen MR) is 140 cm³/mol. The zero-order chi connectivity index (χ0) is 26.5. The number of ether oxygens (including phenoxy) is 3. The summed E-state index contributed by atoms with van der Waals surface area (Å²) in [4.78, 5) is 21.8. The number of carbonyl (C=O) groups is 1. The summed E-state index contributed by atoms with van der Waals surface area (Å²) in [6.07, 6.45) is 6.95. The predicted octanol–water partition coefficient (Wildman–Crippen LogP) is 3.41. The number of urea groups is 1. The number of rotatable bonds is 9. The zero-order valence-corrected chi connectivity index (χ0v) is 21.1. The van der Waals surface area contributed by atoms with Gasteiger partial charge in [-0.1, -0.05) is 18.2 Å². The number of anilines is 1. The van der Waals surface area contributed by atoms with E-state index in [-0.39, 0.29) is 0 Å². The minimum atomic E-state index is -0.417. The van der Waals surface area contributed by atoms with Gasteiger partial charge in [0.15, 0.2) is 17.2 Å². The summed E-state index contributed by atoms with van der Waals surface area (Å²) in [5.74, 6) is 1.95. The number of fused-ring (bicyclic) bond motifs is 1. The molecule has 0 aliphatic heterocycles. The number of nitrogens with zero attached hydrogens (tertiary/aromatic N) is 6. The summed E-state index contributed by atoms with van der Waals surface area (Å²) in [6, 6.07) is 12.6. The molecule has 2 amide bonds. The number of aryl methyl sites for hydroxylation is 1. The van der Waals surface area contributed by atoms with Crippen LogP contribution in [-0.4, -0.2) is 62.8 Å². The minimum absolute atomic E-state index is 0.311. The highest BCUT2D eigenvalue weighted by Crippen LogP contribution is 2.33. The summed E-state index contributed by atoms with van der Waals surface area (Å²) in [7, 11) is 4.90. The molecule has 0 radical (unpaired) electrons. The van der Waals surface area contributed by atoms with Gasteiger partial charge in [-0.05, 0) is 24.3 Å². The second-order valence-corrected chi connectivity index (χ2v) is 8.19. The second kappa shape index (κ2) is 10.9. The van der Waals surface area contributed by atoms with Crippen LogP contribution in [-0.2, 0) is 7.05 Å². The molecule has 0 aliphatic carbocycles. The maximum absolute atomic E-state index is 12.7. The maximum Gasteiger partial charge on any atom is 0.320 e. The van der Waals surface area contributed by atoms with E-state index in [9.17, 15) is 4.79 Å². The summed E-state index contributed by atoms with van der Waals surface area (Å²) < 4.78 is 19.5. The number of methoxy groups -OCH3 is 2. The molecule has 0 aliphatic rings. The van der Waals surface area contributed by atoms with Crippen molar-refractivity contribution in [3.05, 3.63) is 67.3 Å². The van der Waals surface area contributed by atoms with Crippen molar-refractivity contribution in [1.29, 1.82) is 0 Å². The van der Waals surface area contributed by atoms with Crippen LogP contribution >= 0.6 is 0 Å². The molecule has 0 unspecified atom stereocenters. The normalized spacial score (nSPS) is 10.8. The fourth-order valence-corrected chi connectivity index (χ4v) is 3.87. The van der Waals surface area contributed by atoms with E-state index in [1.54, 1.807) is 47.0 Å². The molecule has 0 fully saturated rings. The zero-order valence-electron chi connectivity index (χ0n) is 21.1. The lowest BCUT2D eigenvalue weighted by Crippen LogP contribution is -2.32. The highest BCUT2D eigenvalue weighted by molar-refractivity contribution is 5.97. The molecule has 0 bridgehead atoms. The van der Waals surface area contributed by atoms with Crippen molar-refractivity contribution in [3.8, 4) is 39.8 Å². The number of aromatic nitrogens is 6. The number of hydrogen-bond donors (Lipinski definition) is 2. The van der Waals surface area contributed by atoms with Gasteiger partial charge in [0.1, 0.15) is 12.4 Å². The van der Waals surface area contributed by atoms with E-state index in [2.05, 4.69) is 25.8 Å². The molecule has 38 heavy (non-hydrogen) atoms. The SMILES string of the molecule is COc1cc(-c2ccn3nc(NC(=O)NCCOc4ccccc4)c(-c4cnn(C)c4)c3n2)cnc1OC. The molecule has 5 rings (SSSR count). The standard InChI is InChI=1S/C26H26N8O4/c1-33-16-18(15-29-33)22-23(31-26(35)27-10-12-38-19-7-5-4-6-8-19)32-34-11-9-20(30-24(22)34)17-13-21(36-2)25(37-3)28-14-17/h4-9,11,13-16H,10,12H2,1-3H3,(H2,27,31,32,35). The number of nitrogens with one attached hydrogen (secondary N) is 2. The van der Waals surface area contributed by atoms with Crippen LogP contribution < -0.4 is 24.8 Å². The fraction of sp³-hybridized carbons (Fsp3) is 0.192. The number of benzene rings is 1.